The van der Waals surface area contributed by atoms with E-state index in [1.165, 1.54) is 12.1 Å². The van der Waals surface area contributed by atoms with Crippen molar-refractivity contribution in [3.05, 3.63) is 29.6 Å². The maximum absolute atomic E-state index is 13.4. The average Bonchev–Trinajstić information content (AvgIpc) is 2.72. The van der Waals surface area contributed by atoms with E-state index in [-0.39, 0.29) is 22.9 Å². The second-order valence-electron chi connectivity index (χ2n) is 4.96. The molecule has 1 unspecified atom stereocenters. The van der Waals surface area contributed by atoms with Gasteiger partial charge in [0.1, 0.15) is 5.82 Å². The van der Waals surface area contributed by atoms with Crippen molar-refractivity contribution in [1.82, 2.24) is 5.32 Å². The van der Waals surface area contributed by atoms with Crippen molar-refractivity contribution in [2.45, 2.75) is 26.3 Å². The van der Waals surface area contributed by atoms with Crippen molar-refractivity contribution in [2.24, 2.45) is 5.41 Å². The molecule has 3 N–H and O–H groups in total. The molecule has 1 amide bonds. The number of benzene rings is 1. The van der Waals surface area contributed by atoms with E-state index in [9.17, 15) is 9.18 Å². The third kappa shape index (κ3) is 2.01. The maximum Gasteiger partial charge on any atom is 0.254 e. The summed E-state index contributed by atoms with van der Waals surface area (Å²) in [5.74, 6) is -0.941. The summed E-state index contributed by atoms with van der Waals surface area (Å²) in [5.41, 5.74) is 5.92. The number of carbonyl (C=O) groups is 1. The van der Waals surface area contributed by atoms with Crippen LogP contribution in [-0.4, -0.2) is 11.9 Å². The molecule has 1 atom stereocenters. The molecule has 2 rings (SSSR count). The Balaban J connectivity index is 2.10. The molecule has 1 aromatic carbocycles. The minimum absolute atomic E-state index is 0.0527. The summed E-state index contributed by atoms with van der Waals surface area (Å²) in [7, 11) is 0. The molecular formula is C12H15FN2O. The van der Waals surface area contributed by atoms with Gasteiger partial charge in [0, 0.05) is 11.7 Å². The van der Waals surface area contributed by atoms with E-state index in [1.54, 1.807) is 0 Å². The van der Waals surface area contributed by atoms with Gasteiger partial charge >= 0.3 is 0 Å². The standard InChI is InChI=1S/C12H15FN2O/c1-12(2)6-10(12)15-11(16)8-4-3-7(14)5-9(8)13/h3-5,10H,6,14H2,1-2H3,(H,15,16). The van der Waals surface area contributed by atoms with Crippen molar-refractivity contribution < 1.29 is 9.18 Å². The zero-order valence-electron chi connectivity index (χ0n) is 9.38. The average molecular weight is 222 g/mol. The number of nitrogens with one attached hydrogen (secondary N) is 1. The number of nitrogen functional groups attached to an aromatic ring is 1. The van der Waals surface area contributed by atoms with Crippen LogP contribution >= 0.6 is 0 Å². The molecule has 0 saturated heterocycles. The highest BCUT2D eigenvalue weighted by molar-refractivity contribution is 5.95. The van der Waals surface area contributed by atoms with Gasteiger partial charge in [-0.1, -0.05) is 13.8 Å². The molecule has 0 radical (unpaired) electrons. The van der Waals surface area contributed by atoms with E-state index in [2.05, 4.69) is 19.2 Å². The highest BCUT2D eigenvalue weighted by Crippen LogP contribution is 2.44. The molecule has 0 aliphatic heterocycles. The van der Waals surface area contributed by atoms with Crippen LogP contribution in [0, 0.1) is 11.2 Å². The number of hydrogen-bond acceptors (Lipinski definition) is 2. The summed E-state index contributed by atoms with van der Waals surface area (Å²) in [6.45, 7) is 4.13. The summed E-state index contributed by atoms with van der Waals surface area (Å²) in [5, 5.41) is 2.80. The molecule has 0 spiro atoms. The molecule has 1 aromatic rings. The number of halogens is 1. The number of amides is 1. The van der Waals surface area contributed by atoms with Crippen molar-refractivity contribution in [3.8, 4) is 0 Å². The van der Waals surface area contributed by atoms with Crippen LogP contribution in [0.25, 0.3) is 0 Å². The first kappa shape index (κ1) is 10.9. The van der Waals surface area contributed by atoms with Gasteiger partial charge in [-0.3, -0.25) is 4.79 Å². The summed E-state index contributed by atoms with van der Waals surface area (Å²) in [4.78, 5) is 11.7. The Morgan fingerprint density at radius 1 is 1.56 bits per heavy atom. The van der Waals surface area contributed by atoms with Gasteiger partial charge in [-0.15, -0.1) is 0 Å². The van der Waals surface area contributed by atoms with Gasteiger partial charge in [-0.25, -0.2) is 4.39 Å². The Kier molecular flexibility index (Phi) is 2.37. The predicted octanol–water partition coefficient (Wildman–Crippen LogP) is 1.94. The molecule has 1 aliphatic carbocycles. The van der Waals surface area contributed by atoms with Gasteiger partial charge in [0.05, 0.1) is 5.56 Å². The van der Waals surface area contributed by atoms with Gasteiger partial charge in [0.2, 0.25) is 0 Å². The van der Waals surface area contributed by atoms with E-state index in [0.717, 1.165) is 12.5 Å². The minimum atomic E-state index is -0.573. The van der Waals surface area contributed by atoms with Crippen LogP contribution < -0.4 is 11.1 Å². The highest BCUT2D eigenvalue weighted by Gasteiger charge is 2.46. The molecule has 1 fully saturated rings. The Morgan fingerprint density at radius 3 is 2.69 bits per heavy atom. The molecule has 86 valence electrons. The number of carbonyl (C=O) groups excluding carboxylic acids is 1. The second-order valence-corrected chi connectivity index (χ2v) is 4.96. The molecular weight excluding hydrogens is 207 g/mol. The summed E-state index contributed by atoms with van der Waals surface area (Å²) < 4.78 is 13.4. The molecule has 3 nitrogen and oxygen atoms in total. The number of nitrogens with two attached hydrogens (primary N) is 1. The fourth-order valence-electron chi connectivity index (χ4n) is 1.67. The summed E-state index contributed by atoms with van der Waals surface area (Å²) >= 11 is 0. The van der Waals surface area contributed by atoms with E-state index in [4.69, 9.17) is 5.73 Å². The van der Waals surface area contributed by atoms with Crippen LogP contribution in [0.15, 0.2) is 18.2 Å². The van der Waals surface area contributed by atoms with Crippen LogP contribution in [0.3, 0.4) is 0 Å². The minimum Gasteiger partial charge on any atom is -0.399 e. The third-order valence-corrected chi connectivity index (χ3v) is 3.06. The van der Waals surface area contributed by atoms with Crippen molar-refractivity contribution in [2.75, 3.05) is 5.73 Å². The van der Waals surface area contributed by atoms with Crippen LogP contribution in [0.2, 0.25) is 0 Å². The second kappa shape index (κ2) is 3.47. The van der Waals surface area contributed by atoms with Gasteiger partial charge in [-0.2, -0.15) is 0 Å². The fourth-order valence-corrected chi connectivity index (χ4v) is 1.67. The number of rotatable bonds is 2. The lowest BCUT2D eigenvalue weighted by atomic mass is 10.1. The zero-order chi connectivity index (χ0) is 11.9. The molecule has 16 heavy (non-hydrogen) atoms. The summed E-state index contributed by atoms with van der Waals surface area (Å²) in [6, 6.07) is 4.25. The normalized spacial score (nSPS) is 21.6. The van der Waals surface area contributed by atoms with Gasteiger partial charge < -0.3 is 11.1 Å². The van der Waals surface area contributed by atoms with Crippen molar-refractivity contribution >= 4 is 11.6 Å². The molecule has 1 saturated carbocycles. The highest BCUT2D eigenvalue weighted by atomic mass is 19.1. The monoisotopic (exact) mass is 222 g/mol. The van der Waals surface area contributed by atoms with E-state index in [0.29, 0.717) is 5.69 Å². The molecule has 0 aromatic heterocycles. The Bertz CT molecular complexity index is 443. The lowest BCUT2D eigenvalue weighted by Crippen LogP contribution is -2.29. The summed E-state index contributed by atoms with van der Waals surface area (Å²) in [6.07, 6.45) is 0.940. The van der Waals surface area contributed by atoms with E-state index in [1.807, 2.05) is 0 Å². The number of hydrogen-bond donors (Lipinski definition) is 2. The van der Waals surface area contributed by atoms with Crippen LogP contribution in [-0.2, 0) is 0 Å². The molecule has 4 heteroatoms. The Morgan fingerprint density at radius 2 is 2.19 bits per heavy atom. The first-order valence-electron chi connectivity index (χ1n) is 5.26. The maximum atomic E-state index is 13.4. The lowest BCUT2D eigenvalue weighted by Gasteiger charge is -2.07. The van der Waals surface area contributed by atoms with E-state index >= 15 is 0 Å². The predicted molar refractivity (Wildman–Crippen MR) is 60.5 cm³/mol. The molecule has 0 heterocycles. The Labute approximate surface area is 93.8 Å². The van der Waals surface area contributed by atoms with Gasteiger partial charge in [-0.05, 0) is 30.0 Å². The van der Waals surface area contributed by atoms with Crippen LogP contribution in [0.4, 0.5) is 10.1 Å². The third-order valence-electron chi connectivity index (χ3n) is 3.06. The largest absolute Gasteiger partial charge is 0.399 e. The first-order valence-corrected chi connectivity index (χ1v) is 5.26. The van der Waals surface area contributed by atoms with Crippen molar-refractivity contribution in [3.63, 3.8) is 0 Å². The van der Waals surface area contributed by atoms with Gasteiger partial charge in [0.15, 0.2) is 0 Å². The Hall–Kier alpha value is -1.58. The smallest absolute Gasteiger partial charge is 0.254 e. The molecule has 0 bridgehead atoms. The molecule has 1 aliphatic rings. The van der Waals surface area contributed by atoms with Crippen LogP contribution in [0.5, 0.6) is 0 Å². The topological polar surface area (TPSA) is 55.1 Å². The van der Waals surface area contributed by atoms with Gasteiger partial charge in [0.25, 0.3) is 5.91 Å². The lowest BCUT2D eigenvalue weighted by molar-refractivity contribution is 0.0942. The zero-order valence-corrected chi connectivity index (χ0v) is 9.38. The fraction of sp³-hybridized carbons (Fsp3) is 0.417. The first-order chi connectivity index (χ1) is 7.40. The van der Waals surface area contributed by atoms with E-state index < -0.39 is 5.82 Å². The SMILES string of the molecule is CC1(C)CC1NC(=O)c1ccc(N)cc1F. The quantitative estimate of drug-likeness (QED) is 0.751. The number of anilines is 1. The van der Waals surface area contributed by atoms with Crippen LogP contribution in [0.1, 0.15) is 30.6 Å². The van der Waals surface area contributed by atoms with Crippen molar-refractivity contribution in [1.29, 1.82) is 0 Å².